The lowest BCUT2D eigenvalue weighted by Gasteiger charge is -2.16. The molecule has 1 atom stereocenters. The van der Waals surface area contributed by atoms with Gasteiger partial charge in [0.15, 0.2) is 0 Å². The van der Waals surface area contributed by atoms with Gasteiger partial charge in [0, 0.05) is 12.5 Å². The molecule has 0 aliphatic carbocycles. The predicted octanol–water partition coefficient (Wildman–Crippen LogP) is 1.58. The monoisotopic (exact) mass is 232 g/mol. The highest BCUT2D eigenvalue weighted by Crippen LogP contribution is 2.34. The second kappa shape index (κ2) is 4.52. The van der Waals surface area contributed by atoms with E-state index >= 15 is 0 Å². The van der Waals surface area contributed by atoms with Crippen LogP contribution in [0.3, 0.4) is 0 Å². The SMILES string of the molecule is NC(=O)C[C@H](N)c1ccccc1C(F)(F)F. The maximum Gasteiger partial charge on any atom is 0.416 e. The number of primary amides is 1. The number of alkyl halides is 3. The molecule has 1 amide bonds. The van der Waals surface area contributed by atoms with Gasteiger partial charge in [0.25, 0.3) is 0 Å². The highest BCUT2D eigenvalue weighted by molar-refractivity contribution is 5.74. The molecule has 4 N–H and O–H groups in total. The Kier molecular flexibility index (Phi) is 3.54. The Hall–Kier alpha value is -1.56. The molecule has 0 heterocycles. The molecule has 0 radical (unpaired) electrons. The molecule has 3 nitrogen and oxygen atoms in total. The second-order valence-electron chi connectivity index (χ2n) is 3.36. The van der Waals surface area contributed by atoms with Crippen LogP contribution in [-0.2, 0) is 11.0 Å². The zero-order valence-corrected chi connectivity index (χ0v) is 8.29. The van der Waals surface area contributed by atoms with Crippen LogP contribution >= 0.6 is 0 Å². The van der Waals surface area contributed by atoms with Crippen LogP contribution in [0.15, 0.2) is 24.3 Å². The Labute approximate surface area is 90.2 Å². The summed E-state index contributed by atoms with van der Waals surface area (Å²) in [6.07, 6.45) is -4.79. The van der Waals surface area contributed by atoms with Crippen LogP contribution in [0.25, 0.3) is 0 Å². The molecule has 1 aromatic carbocycles. The third kappa shape index (κ3) is 2.96. The number of nitrogens with two attached hydrogens (primary N) is 2. The van der Waals surface area contributed by atoms with E-state index in [9.17, 15) is 18.0 Å². The minimum Gasteiger partial charge on any atom is -0.370 e. The van der Waals surface area contributed by atoms with Gasteiger partial charge < -0.3 is 11.5 Å². The number of amides is 1. The summed E-state index contributed by atoms with van der Waals surface area (Å²) in [5.74, 6) is -0.732. The molecule has 1 aromatic rings. The molecule has 88 valence electrons. The summed E-state index contributed by atoms with van der Waals surface area (Å²) >= 11 is 0. The Morgan fingerprint density at radius 3 is 2.38 bits per heavy atom. The lowest BCUT2D eigenvalue weighted by molar-refractivity contribution is -0.138. The minimum atomic E-state index is -4.48. The van der Waals surface area contributed by atoms with Crippen molar-refractivity contribution in [2.75, 3.05) is 0 Å². The highest BCUT2D eigenvalue weighted by atomic mass is 19.4. The molecule has 0 spiro atoms. The van der Waals surface area contributed by atoms with Crippen LogP contribution in [0.1, 0.15) is 23.6 Å². The lowest BCUT2D eigenvalue weighted by Crippen LogP contribution is -2.23. The van der Waals surface area contributed by atoms with Crippen LogP contribution in [0.5, 0.6) is 0 Å². The molecule has 16 heavy (non-hydrogen) atoms. The maximum absolute atomic E-state index is 12.6. The molecular formula is C10H11F3N2O. The zero-order chi connectivity index (χ0) is 12.3. The molecule has 0 aliphatic heterocycles. The van der Waals surface area contributed by atoms with Gasteiger partial charge in [-0.3, -0.25) is 4.79 Å². The number of halogens is 3. The van der Waals surface area contributed by atoms with Gasteiger partial charge in [0.05, 0.1) is 5.56 Å². The Morgan fingerprint density at radius 2 is 1.88 bits per heavy atom. The molecule has 0 saturated carbocycles. The fourth-order valence-corrected chi connectivity index (χ4v) is 1.41. The van der Waals surface area contributed by atoms with Crippen molar-refractivity contribution in [1.82, 2.24) is 0 Å². The number of rotatable bonds is 3. The van der Waals surface area contributed by atoms with E-state index in [-0.39, 0.29) is 12.0 Å². The summed E-state index contributed by atoms with van der Waals surface area (Å²) in [6.45, 7) is 0. The van der Waals surface area contributed by atoms with Gasteiger partial charge in [-0.1, -0.05) is 18.2 Å². The van der Waals surface area contributed by atoms with Gasteiger partial charge in [-0.25, -0.2) is 0 Å². The van der Waals surface area contributed by atoms with Crippen LogP contribution in [0, 0.1) is 0 Å². The summed E-state index contributed by atoms with van der Waals surface area (Å²) in [5.41, 5.74) is 9.44. The average Bonchev–Trinajstić information content (AvgIpc) is 2.15. The van der Waals surface area contributed by atoms with Crippen LogP contribution in [-0.4, -0.2) is 5.91 Å². The van der Waals surface area contributed by atoms with Crippen LogP contribution in [0.2, 0.25) is 0 Å². The first-order valence-corrected chi connectivity index (χ1v) is 4.52. The number of carbonyl (C=O) groups excluding carboxylic acids is 1. The number of hydrogen-bond acceptors (Lipinski definition) is 2. The van der Waals surface area contributed by atoms with Gasteiger partial charge in [0.1, 0.15) is 0 Å². The second-order valence-corrected chi connectivity index (χ2v) is 3.36. The molecule has 0 unspecified atom stereocenters. The van der Waals surface area contributed by atoms with Crippen molar-refractivity contribution in [1.29, 1.82) is 0 Å². The van der Waals surface area contributed by atoms with Gasteiger partial charge in [-0.2, -0.15) is 13.2 Å². The van der Waals surface area contributed by atoms with E-state index in [1.807, 2.05) is 0 Å². The zero-order valence-electron chi connectivity index (χ0n) is 8.29. The molecule has 0 aromatic heterocycles. The van der Waals surface area contributed by atoms with Crippen molar-refractivity contribution in [2.24, 2.45) is 11.5 Å². The number of carbonyl (C=O) groups is 1. The van der Waals surface area contributed by atoms with E-state index in [4.69, 9.17) is 11.5 Å². The Balaban J connectivity index is 3.08. The summed E-state index contributed by atoms with van der Waals surface area (Å²) < 4.78 is 37.7. The first-order chi connectivity index (χ1) is 7.32. The summed E-state index contributed by atoms with van der Waals surface area (Å²) in [6, 6.07) is 3.84. The Bertz CT molecular complexity index is 390. The molecular weight excluding hydrogens is 221 g/mol. The van der Waals surface area contributed by atoms with Crippen molar-refractivity contribution in [2.45, 2.75) is 18.6 Å². The summed E-state index contributed by atoms with van der Waals surface area (Å²) in [4.78, 5) is 10.6. The fraction of sp³-hybridized carbons (Fsp3) is 0.300. The third-order valence-electron chi connectivity index (χ3n) is 2.09. The molecule has 0 fully saturated rings. The van der Waals surface area contributed by atoms with Gasteiger partial charge in [-0.05, 0) is 11.6 Å². The highest BCUT2D eigenvalue weighted by Gasteiger charge is 2.34. The molecule has 0 bridgehead atoms. The molecule has 1 rings (SSSR count). The van der Waals surface area contributed by atoms with Crippen molar-refractivity contribution < 1.29 is 18.0 Å². The van der Waals surface area contributed by atoms with E-state index in [2.05, 4.69) is 0 Å². The smallest absolute Gasteiger partial charge is 0.370 e. The first kappa shape index (κ1) is 12.5. The molecule has 6 heteroatoms. The van der Waals surface area contributed by atoms with Gasteiger partial charge in [-0.15, -0.1) is 0 Å². The van der Waals surface area contributed by atoms with Gasteiger partial charge in [0.2, 0.25) is 5.91 Å². The van der Waals surface area contributed by atoms with E-state index in [0.717, 1.165) is 6.07 Å². The van der Waals surface area contributed by atoms with E-state index in [1.165, 1.54) is 18.2 Å². The van der Waals surface area contributed by atoms with E-state index < -0.39 is 23.7 Å². The number of benzene rings is 1. The van der Waals surface area contributed by atoms with E-state index in [1.54, 1.807) is 0 Å². The van der Waals surface area contributed by atoms with Crippen molar-refractivity contribution >= 4 is 5.91 Å². The third-order valence-corrected chi connectivity index (χ3v) is 2.09. The minimum absolute atomic E-state index is 0.117. The van der Waals surface area contributed by atoms with Gasteiger partial charge >= 0.3 is 6.18 Å². The van der Waals surface area contributed by atoms with Crippen molar-refractivity contribution in [3.8, 4) is 0 Å². The standard InChI is InChI=1S/C10H11F3N2O/c11-10(12,13)7-4-2-1-3-6(7)8(14)5-9(15)16/h1-4,8H,5,14H2,(H2,15,16)/t8-/m0/s1. The van der Waals surface area contributed by atoms with Crippen LogP contribution in [0.4, 0.5) is 13.2 Å². The topological polar surface area (TPSA) is 69.1 Å². The largest absolute Gasteiger partial charge is 0.416 e. The van der Waals surface area contributed by atoms with E-state index in [0.29, 0.717) is 0 Å². The normalized spacial score (nSPS) is 13.5. The maximum atomic E-state index is 12.6. The number of hydrogen-bond donors (Lipinski definition) is 2. The summed E-state index contributed by atoms with van der Waals surface area (Å²) in [5, 5.41) is 0. The summed E-state index contributed by atoms with van der Waals surface area (Å²) in [7, 11) is 0. The van der Waals surface area contributed by atoms with Crippen molar-refractivity contribution in [3.63, 3.8) is 0 Å². The fourth-order valence-electron chi connectivity index (χ4n) is 1.41. The Morgan fingerprint density at radius 1 is 1.31 bits per heavy atom. The first-order valence-electron chi connectivity index (χ1n) is 4.52. The predicted molar refractivity (Wildman–Crippen MR) is 52.2 cm³/mol. The van der Waals surface area contributed by atoms with Crippen molar-refractivity contribution in [3.05, 3.63) is 35.4 Å². The average molecular weight is 232 g/mol. The quantitative estimate of drug-likeness (QED) is 0.830. The van der Waals surface area contributed by atoms with Crippen LogP contribution < -0.4 is 11.5 Å². The lowest BCUT2D eigenvalue weighted by atomic mass is 9.98. The molecule has 0 saturated heterocycles. The molecule has 0 aliphatic rings.